The SMILES string of the molecule is C/[C](=C/N(c1ccc(/C=C\c2ccc(O)cc2)cc1)c1ccc(/C=C\c2ccc(O)cc2)cc1)[AlH][I]. The van der Waals surface area contributed by atoms with E-state index in [-0.39, 0.29) is 23.4 Å². The first-order valence-electron chi connectivity index (χ1n) is 11.7. The highest BCUT2D eigenvalue weighted by Gasteiger charge is 2.08. The van der Waals surface area contributed by atoms with Crippen molar-refractivity contribution in [2.45, 2.75) is 6.92 Å². The first-order chi connectivity index (χ1) is 17.5. The number of nitrogens with zero attached hydrogens (tertiary/aromatic N) is 1. The summed E-state index contributed by atoms with van der Waals surface area (Å²) in [6, 6.07) is 31.4. The normalized spacial score (nSPS) is 11.8. The summed E-state index contributed by atoms with van der Waals surface area (Å²) in [7, 11) is 0. The van der Waals surface area contributed by atoms with Crippen LogP contribution >= 0.6 is 20.3 Å². The molecule has 0 saturated carbocycles. The minimum Gasteiger partial charge on any atom is -0.508 e. The van der Waals surface area contributed by atoms with Crippen LogP contribution in [0.5, 0.6) is 11.5 Å². The summed E-state index contributed by atoms with van der Waals surface area (Å²) in [6.45, 7) is 2.20. The molecule has 2 N–H and O–H groups in total. The van der Waals surface area contributed by atoms with E-state index < -0.39 is 0 Å². The Hall–Kier alpha value is -3.24. The Morgan fingerprint density at radius 1 is 0.583 bits per heavy atom. The van der Waals surface area contributed by atoms with E-state index in [0.29, 0.717) is 0 Å². The zero-order valence-electron chi connectivity index (χ0n) is 20.1. The number of benzene rings is 4. The molecule has 0 fully saturated rings. The van der Waals surface area contributed by atoms with Crippen LogP contribution in [0.3, 0.4) is 0 Å². The number of aromatic hydroxyl groups is 2. The highest BCUT2D eigenvalue weighted by atomic mass is 127. The van der Waals surface area contributed by atoms with Gasteiger partial charge >= 0.3 is 11.9 Å². The molecule has 0 aliphatic heterocycles. The van der Waals surface area contributed by atoms with Gasteiger partial charge in [-0.15, -0.1) is 4.44 Å². The summed E-state index contributed by atoms with van der Waals surface area (Å²) in [6.07, 6.45) is 10.5. The lowest BCUT2D eigenvalue weighted by Gasteiger charge is -2.22. The van der Waals surface area contributed by atoms with Crippen molar-refractivity contribution in [3.63, 3.8) is 0 Å². The summed E-state index contributed by atoms with van der Waals surface area (Å²) in [5, 5.41) is 18.9. The van der Waals surface area contributed by atoms with Crippen LogP contribution in [-0.2, 0) is 0 Å². The number of rotatable bonds is 8. The summed E-state index contributed by atoms with van der Waals surface area (Å²) < 4.78 is 1.42. The molecule has 4 rings (SSSR count). The lowest BCUT2D eigenvalue weighted by molar-refractivity contribution is 0.474. The molecule has 0 atom stereocenters. The second kappa shape index (κ2) is 12.6. The van der Waals surface area contributed by atoms with Crippen molar-refractivity contribution < 1.29 is 10.2 Å². The Balaban J connectivity index is 1.53. The summed E-state index contributed by atoms with van der Waals surface area (Å²) >= 11 is 2.25. The predicted octanol–water partition coefficient (Wildman–Crippen LogP) is 8.22. The Bertz CT molecular complexity index is 1260. The molecule has 4 aromatic rings. The Kier molecular flexibility index (Phi) is 9.07. The fraction of sp³-hybridized carbons (Fsp3) is 0.0323. The molecule has 0 aromatic heterocycles. The van der Waals surface area contributed by atoms with E-state index in [1.54, 1.807) is 24.3 Å². The average molecular weight is 599 g/mol. The largest absolute Gasteiger partial charge is 0.508 e. The number of phenols is 2. The van der Waals surface area contributed by atoms with Gasteiger partial charge in [-0.25, -0.2) is 20.3 Å². The van der Waals surface area contributed by atoms with Gasteiger partial charge in [0, 0.05) is 11.4 Å². The van der Waals surface area contributed by atoms with Gasteiger partial charge in [0.15, 0.2) is 0 Å². The molecule has 0 heterocycles. The monoisotopic (exact) mass is 599 g/mol. The van der Waals surface area contributed by atoms with Crippen LogP contribution in [0.25, 0.3) is 24.3 Å². The van der Waals surface area contributed by atoms with E-state index >= 15 is 0 Å². The first kappa shape index (κ1) is 25.8. The molecular weight excluding hydrogens is 572 g/mol. The number of anilines is 2. The number of hydrogen-bond acceptors (Lipinski definition) is 3. The van der Waals surface area contributed by atoms with Crippen molar-refractivity contribution >= 4 is 67.9 Å². The van der Waals surface area contributed by atoms with Gasteiger partial charge in [-0.2, -0.15) is 0 Å². The van der Waals surface area contributed by atoms with Crippen LogP contribution in [0.2, 0.25) is 0 Å². The van der Waals surface area contributed by atoms with Crippen molar-refractivity contribution in [1.82, 2.24) is 0 Å². The zero-order valence-corrected chi connectivity index (χ0v) is 23.6. The van der Waals surface area contributed by atoms with Crippen molar-refractivity contribution in [2.24, 2.45) is 0 Å². The van der Waals surface area contributed by atoms with Crippen LogP contribution in [0.15, 0.2) is 108 Å². The third-order valence-corrected chi connectivity index (χ3v) is 9.84. The van der Waals surface area contributed by atoms with Crippen LogP contribution in [0.1, 0.15) is 29.2 Å². The maximum Gasteiger partial charge on any atom is 0.371 e. The molecule has 0 aliphatic carbocycles. The predicted molar refractivity (Wildman–Crippen MR) is 164 cm³/mol. The van der Waals surface area contributed by atoms with Crippen molar-refractivity contribution in [3.05, 3.63) is 130 Å². The maximum absolute atomic E-state index is 9.45. The van der Waals surface area contributed by atoms with Gasteiger partial charge in [0.05, 0.1) is 0 Å². The molecule has 0 amide bonds. The molecule has 178 valence electrons. The summed E-state index contributed by atoms with van der Waals surface area (Å²) in [4.78, 5) is 2.25. The summed E-state index contributed by atoms with van der Waals surface area (Å²) in [5.41, 5.74) is 6.55. The zero-order chi connectivity index (χ0) is 25.3. The van der Waals surface area contributed by atoms with E-state index in [1.165, 1.54) is 4.44 Å². The number of hydrogen-bond donors (Lipinski definition) is 2. The van der Waals surface area contributed by atoms with Gasteiger partial charge in [0.2, 0.25) is 0 Å². The highest BCUT2D eigenvalue weighted by Crippen LogP contribution is 2.28. The van der Waals surface area contributed by atoms with Crippen LogP contribution in [0, 0.1) is 0 Å². The van der Waals surface area contributed by atoms with Gasteiger partial charge in [0.1, 0.15) is 11.5 Å². The molecule has 36 heavy (non-hydrogen) atoms. The lowest BCUT2D eigenvalue weighted by Crippen LogP contribution is -2.10. The Morgan fingerprint density at radius 3 is 1.19 bits per heavy atom. The minimum atomic E-state index is -0.280. The quantitative estimate of drug-likeness (QED) is 0.122. The van der Waals surface area contributed by atoms with Gasteiger partial charge in [-0.1, -0.05) is 79.8 Å². The molecule has 4 aromatic carbocycles. The minimum absolute atomic E-state index is 0.274. The number of phenolic OH excluding ortho intramolecular Hbond substituents is 2. The smallest absolute Gasteiger partial charge is 0.371 e. The standard InChI is InChI=1S/C31H26NO2.Al.HI.H/c1-2-23-32(28-15-7-24(8-16-28)3-5-26-11-19-30(33)20-12-26)29-17-9-25(10-18-29)4-6-27-13-21-31(34)22-14-27;;;/h3-23,33-34H,1H3;;1H;/q;+1;;/p-1/b5-3-,6-4-,23-2?;;;. The van der Waals surface area contributed by atoms with E-state index in [2.05, 4.69) is 99.0 Å². The topological polar surface area (TPSA) is 43.7 Å². The van der Waals surface area contributed by atoms with Gasteiger partial charge < -0.3 is 15.1 Å². The van der Waals surface area contributed by atoms with Crippen molar-refractivity contribution in [2.75, 3.05) is 4.90 Å². The average Bonchev–Trinajstić information content (AvgIpc) is 2.92. The van der Waals surface area contributed by atoms with Crippen molar-refractivity contribution in [3.8, 4) is 11.5 Å². The van der Waals surface area contributed by atoms with E-state index in [1.807, 2.05) is 36.4 Å². The lowest BCUT2D eigenvalue weighted by atomic mass is 10.1. The number of allylic oxidation sites excluding steroid dienone is 1. The Morgan fingerprint density at radius 2 is 0.889 bits per heavy atom. The molecule has 0 spiro atoms. The van der Waals surface area contributed by atoms with E-state index in [9.17, 15) is 10.2 Å². The molecule has 5 heteroatoms. The maximum atomic E-state index is 9.45. The van der Waals surface area contributed by atoms with Crippen molar-refractivity contribution in [1.29, 1.82) is 0 Å². The van der Waals surface area contributed by atoms with Gasteiger partial charge in [-0.05, 0) is 77.0 Å². The summed E-state index contributed by atoms with van der Waals surface area (Å²) in [5.74, 6) is 0.548. The van der Waals surface area contributed by atoms with Crippen LogP contribution < -0.4 is 4.90 Å². The molecule has 0 radical (unpaired) electrons. The van der Waals surface area contributed by atoms with Crippen LogP contribution in [-0.4, -0.2) is 22.1 Å². The second-order valence-electron chi connectivity index (χ2n) is 8.51. The molecule has 0 bridgehead atoms. The molecule has 3 nitrogen and oxygen atoms in total. The third-order valence-electron chi connectivity index (χ3n) is 5.63. The third kappa shape index (κ3) is 7.38. The highest BCUT2D eigenvalue weighted by molar-refractivity contribution is 14.1. The second-order valence-corrected chi connectivity index (χ2v) is 12.2. The fourth-order valence-corrected chi connectivity index (χ4v) is 4.44. The van der Waals surface area contributed by atoms with E-state index in [4.69, 9.17) is 0 Å². The van der Waals surface area contributed by atoms with Gasteiger partial charge in [-0.3, -0.25) is 0 Å². The Labute approximate surface area is 230 Å². The fourth-order valence-electron chi connectivity index (χ4n) is 3.60. The molecule has 0 unspecified atom stereocenters. The first-order valence-corrected chi connectivity index (χ1v) is 17.5. The molecular formula is C31H27AlINO2. The molecule has 0 saturated heterocycles. The van der Waals surface area contributed by atoms with Crippen LogP contribution in [0.4, 0.5) is 11.4 Å². The van der Waals surface area contributed by atoms with E-state index in [0.717, 1.165) is 33.6 Å². The number of halogens is 1. The molecule has 0 aliphatic rings. The van der Waals surface area contributed by atoms with Gasteiger partial charge in [0.25, 0.3) is 0 Å².